The van der Waals surface area contributed by atoms with E-state index in [1.807, 2.05) is 0 Å². The summed E-state index contributed by atoms with van der Waals surface area (Å²) in [5.74, 6) is 0. The van der Waals surface area contributed by atoms with Crippen LogP contribution in [0.2, 0.25) is 0 Å². The molecular formula is C15H22N2O3. The molecule has 1 N–H and O–H groups in total. The lowest BCUT2D eigenvalue weighted by molar-refractivity contribution is -0.384. The van der Waals surface area contributed by atoms with E-state index in [1.165, 1.54) is 6.07 Å². The minimum Gasteiger partial charge on any atom is -0.389 e. The van der Waals surface area contributed by atoms with Gasteiger partial charge in [-0.25, -0.2) is 0 Å². The number of aliphatic hydroxyl groups is 1. The van der Waals surface area contributed by atoms with Gasteiger partial charge in [0.25, 0.3) is 5.69 Å². The van der Waals surface area contributed by atoms with Crippen molar-refractivity contribution in [1.29, 1.82) is 0 Å². The van der Waals surface area contributed by atoms with Gasteiger partial charge < -0.3 is 10.0 Å². The lowest BCUT2D eigenvalue weighted by Gasteiger charge is -2.38. The summed E-state index contributed by atoms with van der Waals surface area (Å²) in [6.45, 7) is 7.75. The van der Waals surface area contributed by atoms with Crippen LogP contribution in [0.4, 0.5) is 11.4 Å². The van der Waals surface area contributed by atoms with Crippen molar-refractivity contribution in [2.45, 2.75) is 39.7 Å². The largest absolute Gasteiger partial charge is 0.389 e. The molecular weight excluding hydrogens is 256 g/mol. The average molecular weight is 278 g/mol. The molecule has 1 atom stereocenters. The molecule has 1 aromatic carbocycles. The molecule has 110 valence electrons. The molecule has 1 unspecified atom stereocenters. The van der Waals surface area contributed by atoms with Crippen LogP contribution in [0, 0.1) is 15.5 Å². The standard InChI is InChI=1S/C15H22N2O3/c1-11(18)12-4-5-13(14(10-12)17(19)20)16-8-6-15(2,3)7-9-16/h4-5,10-11,18H,6-9H2,1-3H3. The topological polar surface area (TPSA) is 66.6 Å². The number of aliphatic hydroxyl groups excluding tert-OH is 1. The van der Waals surface area contributed by atoms with Crippen molar-refractivity contribution in [3.05, 3.63) is 33.9 Å². The lowest BCUT2D eigenvalue weighted by Crippen LogP contribution is -2.37. The molecule has 0 radical (unpaired) electrons. The third-order valence-corrected chi connectivity index (χ3v) is 4.14. The summed E-state index contributed by atoms with van der Waals surface area (Å²) in [5.41, 5.74) is 1.64. The molecule has 1 heterocycles. The summed E-state index contributed by atoms with van der Waals surface area (Å²) in [6, 6.07) is 5.02. The van der Waals surface area contributed by atoms with Gasteiger partial charge in [-0.3, -0.25) is 10.1 Å². The number of piperidine rings is 1. The molecule has 5 heteroatoms. The number of nitro groups is 1. The Morgan fingerprint density at radius 3 is 2.45 bits per heavy atom. The van der Waals surface area contributed by atoms with Crippen LogP contribution in [0.1, 0.15) is 45.3 Å². The summed E-state index contributed by atoms with van der Waals surface area (Å²) in [7, 11) is 0. The van der Waals surface area contributed by atoms with Crippen LogP contribution in [0.5, 0.6) is 0 Å². The zero-order chi connectivity index (χ0) is 14.9. The fourth-order valence-electron chi connectivity index (χ4n) is 2.57. The van der Waals surface area contributed by atoms with E-state index in [4.69, 9.17) is 0 Å². The summed E-state index contributed by atoms with van der Waals surface area (Å²) < 4.78 is 0. The van der Waals surface area contributed by atoms with E-state index in [1.54, 1.807) is 19.1 Å². The highest BCUT2D eigenvalue weighted by Gasteiger charge is 2.29. The highest BCUT2D eigenvalue weighted by Crippen LogP contribution is 2.36. The minimum atomic E-state index is -0.692. The van der Waals surface area contributed by atoms with Crippen LogP contribution >= 0.6 is 0 Å². The van der Waals surface area contributed by atoms with Crippen LogP contribution in [0.3, 0.4) is 0 Å². The smallest absolute Gasteiger partial charge is 0.292 e. The molecule has 5 nitrogen and oxygen atoms in total. The van der Waals surface area contributed by atoms with Crippen molar-refractivity contribution in [1.82, 2.24) is 0 Å². The van der Waals surface area contributed by atoms with Gasteiger partial charge in [0.15, 0.2) is 0 Å². The number of anilines is 1. The third-order valence-electron chi connectivity index (χ3n) is 4.14. The van der Waals surface area contributed by atoms with Gasteiger partial charge in [-0.2, -0.15) is 0 Å². The zero-order valence-corrected chi connectivity index (χ0v) is 12.3. The van der Waals surface area contributed by atoms with Crippen molar-refractivity contribution in [2.24, 2.45) is 5.41 Å². The molecule has 0 spiro atoms. The van der Waals surface area contributed by atoms with Gasteiger partial charge in [-0.1, -0.05) is 19.9 Å². The van der Waals surface area contributed by atoms with E-state index in [-0.39, 0.29) is 10.6 Å². The molecule has 1 aromatic rings. The maximum atomic E-state index is 11.3. The van der Waals surface area contributed by atoms with Gasteiger partial charge in [0.05, 0.1) is 11.0 Å². The second-order valence-corrected chi connectivity index (χ2v) is 6.33. The first-order valence-electron chi connectivity index (χ1n) is 7.01. The van der Waals surface area contributed by atoms with Crippen LogP contribution in [0.15, 0.2) is 18.2 Å². The van der Waals surface area contributed by atoms with Gasteiger partial charge in [0, 0.05) is 19.2 Å². The first kappa shape index (κ1) is 14.8. The van der Waals surface area contributed by atoms with E-state index in [0.29, 0.717) is 16.7 Å². The zero-order valence-electron chi connectivity index (χ0n) is 12.3. The molecule has 1 aliphatic heterocycles. The highest BCUT2D eigenvalue weighted by molar-refractivity contribution is 5.64. The quantitative estimate of drug-likeness (QED) is 0.680. The second kappa shape index (κ2) is 5.40. The molecule has 2 rings (SSSR count). The van der Waals surface area contributed by atoms with Crippen molar-refractivity contribution >= 4 is 11.4 Å². The molecule has 0 aromatic heterocycles. The lowest BCUT2D eigenvalue weighted by atomic mass is 9.82. The minimum absolute atomic E-state index is 0.0862. The number of hydrogen-bond acceptors (Lipinski definition) is 4. The predicted molar refractivity (Wildman–Crippen MR) is 79.0 cm³/mol. The maximum Gasteiger partial charge on any atom is 0.292 e. The van der Waals surface area contributed by atoms with Crippen LogP contribution in [0.25, 0.3) is 0 Å². The first-order valence-corrected chi connectivity index (χ1v) is 7.01. The Labute approximate surface area is 119 Å². The predicted octanol–water partition coefficient (Wildman–Crippen LogP) is 3.27. The van der Waals surface area contributed by atoms with Gasteiger partial charge in [-0.15, -0.1) is 0 Å². The van der Waals surface area contributed by atoms with Crippen LogP contribution in [-0.4, -0.2) is 23.1 Å². The van der Waals surface area contributed by atoms with E-state index >= 15 is 0 Å². The normalized spacial score (nSPS) is 19.7. The molecule has 0 aliphatic carbocycles. The molecule has 20 heavy (non-hydrogen) atoms. The Bertz CT molecular complexity index is 502. The van der Waals surface area contributed by atoms with Crippen molar-refractivity contribution in [2.75, 3.05) is 18.0 Å². The SMILES string of the molecule is CC(O)c1ccc(N2CCC(C)(C)CC2)c([N+](=O)[O-])c1. The van der Waals surface area contributed by atoms with Crippen LogP contribution < -0.4 is 4.90 Å². The number of nitrogens with zero attached hydrogens (tertiary/aromatic N) is 2. The molecule has 0 bridgehead atoms. The van der Waals surface area contributed by atoms with Crippen LogP contribution in [-0.2, 0) is 0 Å². The highest BCUT2D eigenvalue weighted by atomic mass is 16.6. The molecule has 0 amide bonds. The van der Waals surface area contributed by atoms with E-state index in [9.17, 15) is 15.2 Å². The monoisotopic (exact) mass is 278 g/mol. The Morgan fingerprint density at radius 1 is 1.35 bits per heavy atom. The van der Waals surface area contributed by atoms with E-state index in [0.717, 1.165) is 25.9 Å². The summed E-state index contributed by atoms with van der Waals surface area (Å²) in [6.07, 6.45) is 1.37. The fourth-order valence-corrected chi connectivity index (χ4v) is 2.57. The maximum absolute atomic E-state index is 11.3. The second-order valence-electron chi connectivity index (χ2n) is 6.33. The number of rotatable bonds is 3. The van der Waals surface area contributed by atoms with Crippen molar-refractivity contribution in [3.8, 4) is 0 Å². The van der Waals surface area contributed by atoms with Crippen molar-refractivity contribution < 1.29 is 10.0 Å². The number of hydrogen-bond donors (Lipinski definition) is 1. The number of benzene rings is 1. The number of nitro benzene ring substituents is 1. The van der Waals surface area contributed by atoms with Gasteiger partial charge in [0.1, 0.15) is 5.69 Å². The van der Waals surface area contributed by atoms with E-state index in [2.05, 4.69) is 18.7 Å². The molecule has 0 saturated carbocycles. The Morgan fingerprint density at radius 2 is 1.95 bits per heavy atom. The summed E-state index contributed by atoms with van der Waals surface area (Å²) in [4.78, 5) is 13.0. The summed E-state index contributed by atoms with van der Waals surface area (Å²) in [5, 5.41) is 20.8. The Kier molecular flexibility index (Phi) is 3.99. The third kappa shape index (κ3) is 3.10. The molecule has 1 fully saturated rings. The molecule has 1 saturated heterocycles. The fraction of sp³-hybridized carbons (Fsp3) is 0.600. The van der Waals surface area contributed by atoms with Crippen molar-refractivity contribution in [3.63, 3.8) is 0 Å². The van der Waals surface area contributed by atoms with Gasteiger partial charge in [-0.05, 0) is 36.8 Å². The first-order chi connectivity index (χ1) is 9.30. The summed E-state index contributed by atoms with van der Waals surface area (Å²) >= 11 is 0. The van der Waals surface area contributed by atoms with Gasteiger partial charge >= 0.3 is 0 Å². The average Bonchev–Trinajstić information content (AvgIpc) is 2.38. The van der Waals surface area contributed by atoms with E-state index < -0.39 is 6.10 Å². The Balaban J connectivity index is 2.30. The molecule has 1 aliphatic rings. The van der Waals surface area contributed by atoms with Gasteiger partial charge in [0.2, 0.25) is 0 Å². The Hall–Kier alpha value is -1.62.